The first-order valence-corrected chi connectivity index (χ1v) is 20.9. The summed E-state index contributed by atoms with van der Waals surface area (Å²) in [6, 6.07) is 13.1. The highest BCUT2D eigenvalue weighted by Gasteiger charge is 2.57. The Bertz CT molecular complexity index is 1290. The zero-order valence-corrected chi connectivity index (χ0v) is 28.1. The van der Waals surface area contributed by atoms with Crippen molar-refractivity contribution in [3.63, 3.8) is 0 Å². The van der Waals surface area contributed by atoms with Crippen LogP contribution in [0.5, 0.6) is 0 Å². The second-order valence-corrected chi connectivity index (χ2v) is 17.2. The molecule has 4 aliphatic carbocycles. The summed E-state index contributed by atoms with van der Waals surface area (Å²) in [7, 11) is 0. The molecule has 0 radical (unpaired) electrons. The number of rotatable bonds is 7. The lowest BCUT2D eigenvalue weighted by Crippen LogP contribution is -2.51. The number of aryl methyl sites for hydroxylation is 2. The van der Waals surface area contributed by atoms with Gasteiger partial charge >= 0.3 is 18.2 Å². The molecule has 0 N–H and O–H groups in total. The molecule has 6 rings (SSSR count). The van der Waals surface area contributed by atoms with E-state index in [1.807, 2.05) is 18.2 Å². The Morgan fingerprint density at radius 3 is 2.19 bits per heavy atom. The number of fused-ring (bicyclic) bond motifs is 5. The van der Waals surface area contributed by atoms with E-state index in [2.05, 4.69) is 26.7 Å². The average molecular weight is 650 g/mol. The minimum atomic E-state index is -0.496. The van der Waals surface area contributed by atoms with Gasteiger partial charge in [0.25, 0.3) is 0 Å². The molecular formula is C36H43BrF2MgO2. The third kappa shape index (κ3) is 6.96. The summed E-state index contributed by atoms with van der Waals surface area (Å²) in [5.74, 6) is 1.38. The van der Waals surface area contributed by atoms with E-state index in [-0.39, 0.29) is 46.8 Å². The molecule has 3 fully saturated rings. The van der Waals surface area contributed by atoms with Gasteiger partial charge < -0.3 is 12.9 Å². The van der Waals surface area contributed by atoms with Crippen molar-refractivity contribution < 1.29 is 18.4 Å². The number of carbonyl (C=O) groups is 2. The summed E-state index contributed by atoms with van der Waals surface area (Å²) in [4.78, 5) is 26.1. The molecule has 2 aromatic carbocycles. The summed E-state index contributed by atoms with van der Waals surface area (Å²) in [6.45, 7) is 4.88. The lowest BCUT2D eigenvalue weighted by atomic mass is 9.46. The van der Waals surface area contributed by atoms with E-state index < -0.39 is 5.92 Å². The maximum Gasteiger partial charge on any atom is 0.468 e. The monoisotopic (exact) mass is 648 g/mol. The van der Waals surface area contributed by atoms with Gasteiger partial charge in [-0.15, -0.1) is 4.55 Å². The fraction of sp³-hybridized carbons (Fsp3) is 0.556. The number of halogens is 3. The van der Waals surface area contributed by atoms with Crippen LogP contribution in [-0.2, 0) is 22.4 Å². The molecule has 6 atom stereocenters. The van der Waals surface area contributed by atoms with Gasteiger partial charge in [0.05, 0.1) is 5.92 Å². The normalized spacial score (nSPS) is 31.5. The molecule has 2 nitrogen and oxygen atoms in total. The van der Waals surface area contributed by atoms with Crippen LogP contribution in [0.3, 0.4) is 0 Å². The molecule has 2 aromatic rings. The number of ketones is 2. The highest BCUT2D eigenvalue weighted by Crippen LogP contribution is 2.65. The van der Waals surface area contributed by atoms with Crippen LogP contribution in [0.2, 0.25) is 4.55 Å². The van der Waals surface area contributed by atoms with Gasteiger partial charge in [-0.3, -0.25) is 9.59 Å². The number of hydrogen-bond donors (Lipinski definition) is 0. The van der Waals surface area contributed by atoms with Crippen LogP contribution >= 0.6 is 12.9 Å². The van der Waals surface area contributed by atoms with Crippen LogP contribution in [0.25, 0.3) is 0 Å². The van der Waals surface area contributed by atoms with Crippen LogP contribution < -0.4 is 0 Å². The first-order chi connectivity index (χ1) is 20.1. The largest absolute Gasteiger partial charge is 0.468 e. The molecule has 0 spiro atoms. The summed E-state index contributed by atoms with van der Waals surface area (Å²) in [5, 5.41) is 0. The van der Waals surface area contributed by atoms with Crippen molar-refractivity contribution in [2.24, 2.45) is 34.5 Å². The van der Waals surface area contributed by atoms with Gasteiger partial charge in [0.15, 0.2) is 5.78 Å². The number of carbonyl (C=O) groups excluding carboxylic acids is 2. The van der Waals surface area contributed by atoms with Gasteiger partial charge in [-0.1, -0.05) is 50.1 Å². The zero-order valence-electron chi connectivity index (χ0n) is 25.1. The third-order valence-electron chi connectivity index (χ3n) is 11.3. The van der Waals surface area contributed by atoms with Crippen LogP contribution in [0.15, 0.2) is 60.2 Å². The van der Waals surface area contributed by atoms with Crippen LogP contribution in [-0.4, -0.2) is 29.8 Å². The van der Waals surface area contributed by atoms with Crippen molar-refractivity contribution in [3.05, 3.63) is 82.9 Å². The maximum absolute atomic E-state index is 13.2. The molecule has 0 bridgehead atoms. The molecule has 0 saturated heterocycles. The topological polar surface area (TPSA) is 34.1 Å². The Labute approximate surface area is 266 Å². The molecule has 0 aliphatic heterocycles. The van der Waals surface area contributed by atoms with Crippen LogP contribution in [0, 0.1) is 46.1 Å². The Balaban J connectivity index is 0.000000271. The molecular weight excluding hydrogens is 607 g/mol. The quantitative estimate of drug-likeness (QED) is 0.221. The summed E-state index contributed by atoms with van der Waals surface area (Å²) < 4.78 is 26.8. The molecule has 6 heteroatoms. The molecule has 4 aliphatic rings. The number of benzene rings is 2. The number of hydrogen-bond acceptors (Lipinski definition) is 2. The van der Waals surface area contributed by atoms with Crippen molar-refractivity contribution in [1.29, 1.82) is 0 Å². The second-order valence-electron chi connectivity index (χ2n) is 13.8. The maximum atomic E-state index is 13.2. The Morgan fingerprint density at radius 1 is 0.905 bits per heavy atom. The van der Waals surface area contributed by atoms with Crippen molar-refractivity contribution in [1.82, 2.24) is 0 Å². The predicted molar refractivity (Wildman–Crippen MR) is 170 cm³/mol. The Morgan fingerprint density at radius 2 is 1.55 bits per heavy atom. The van der Waals surface area contributed by atoms with E-state index >= 15 is 0 Å². The van der Waals surface area contributed by atoms with Gasteiger partial charge in [-0.05, 0) is 128 Å². The van der Waals surface area contributed by atoms with E-state index in [0.717, 1.165) is 30.2 Å². The summed E-state index contributed by atoms with van der Waals surface area (Å²) in [6.07, 6.45) is 13.5. The van der Waals surface area contributed by atoms with Crippen molar-refractivity contribution in [2.75, 3.05) is 0 Å². The predicted octanol–water partition coefficient (Wildman–Crippen LogP) is 9.28. The zero-order chi connectivity index (χ0) is 29.9. The summed E-state index contributed by atoms with van der Waals surface area (Å²) in [5.41, 5.74) is 4.03. The highest BCUT2D eigenvalue weighted by atomic mass is 79.9. The number of Topliss-reactive ketones (excluding diaryl/α,β-unsaturated/α-hetero) is 1. The molecule has 3 saturated carbocycles. The smallest absolute Gasteiger partial charge is 0.307 e. The van der Waals surface area contributed by atoms with Gasteiger partial charge in [0, 0.05) is 6.42 Å². The van der Waals surface area contributed by atoms with Gasteiger partial charge in [-0.2, -0.15) is 0 Å². The second kappa shape index (κ2) is 13.7. The molecule has 42 heavy (non-hydrogen) atoms. The van der Waals surface area contributed by atoms with E-state index in [9.17, 15) is 18.4 Å². The lowest BCUT2D eigenvalue weighted by Gasteiger charge is -2.58. The third-order valence-corrected chi connectivity index (χ3v) is 13.6. The van der Waals surface area contributed by atoms with Crippen LogP contribution in [0.1, 0.15) is 82.8 Å². The molecule has 222 valence electrons. The lowest BCUT2D eigenvalue weighted by molar-refractivity contribution is -0.134. The Hall–Kier alpha value is -1.37. The minimum Gasteiger partial charge on any atom is -0.307 e. The Kier molecular flexibility index (Phi) is 10.5. The highest BCUT2D eigenvalue weighted by molar-refractivity contribution is 9.23. The van der Waals surface area contributed by atoms with E-state index in [1.165, 1.54) is 78.5 Å². The van der Waals surface area contributed by atoms with Crippen molar-refractivity contribution >= 4 is 42.6 Å². The van der Waals surface area contributed by atoms with Gasteiger partial charge in [0.1, 0.15) is 17.4 Å². The van der Waals surface area contributed by atoms with E-state index in [1.54, 1.807) is 12.1 Å². The molecule has 4 unspecified atom stereocenters. The fourth-order valence-corrected chi connectivity index (χ4v) is 10.3. The van der Waals surface area contributed by atoms with Crippen molar-refractivity contribution in [2.45, 2.75) is 89.0 Å². The SMILES string of the molecule is C[C@@]12CCCC1C1CCC3=CC(=O)C(C(=O)CCc4ccc(F)cc4)C[C@]3(C)C1CC2.Fc1ccc(C[CH2][Mg][Br])cc1. The first-order valence-electron chi connectivity index (χ1n) is 16.0. The molecule has 0 heterocycles. The van der Waals surface area contributed by atoms with E-state index in [0.29, 0.717) is 30.6 Å². The van der Waals surface area contributed by atoms with Crippen molar-refractivity contribution in [3.8, 4) is 0 Å². The summed E-state index contributed by atoms with van der Waals surface area (Å²) >= 11 is 3.47. The first kappa shape index (κ1) is 32.0. The standard InChI is InChI=1S/C28H35FO2.C8H8F.BrH.Mg/c1-27-14-3-4-23(27)21-11-8-19-16-26(31)22(17-28(19,2)24(21)13-15-27)25(30)12-7-18-5-9-20(29)10-6-18;1-2-7-3-5-8(9)6-4-7;;/h5-6,9-10,16,21-24H,3-4,7-8,11-15,17H2,1-2H3;3-6H,1-2H2;1H;/q;;;+1/p-1/t21?,22?,23?,24?,27-,28-;;;/m0.../s1. The van der Waals surface area contributed by atoms with Gasteiger partial charge in [-0.25, -0.2) is 8.78 Å². The van der Waals surface area contributed by atoms with Crippen LogP contribution in [0.4, 0.5) is 8.78 Å². The molecule has 0 aromatic heterocycles. The number of allylic oxidation sites excluding steroid dienone is 1. The van der Waals surface area contributed by atoms with Gasteiger partial charge in [0.2, 0.25) is 0 Å². The minimum absolute atomic E-state index is 0.00303. The van der Waals surface area contributed by atoms with E-state index in [4.69, 9.17) is 0 Å². The molecule has 0 amide bonds. The average Bonchev–Trinajstić information content (AvgIpc) is 3.39. The fourth-order valence-electron chi connectivity index (χ4n) is 8.92.